The molecule has 1 N–H and O–H groups in total. The predicted molar refractivity (Wildman–Crippen MR) is 97.0 cm³/mol. The van der Waals surface area contributed by atoms with Crippen LogP contribution in [0.4, 0.5) is 5.82 Å². The Labute approximate surface area is 152 Å². The van der Waals surface area contributed by atoms with Crippen molar-refractivity contribution >= 4 is 40.3 Å². The summed E-state index contributed by atoms with van der Waals surface area (Å²) in [6.45, 7) is 3.44. The van der Waals surface area contributed by atoms with Crippen molar-refractivity contribution in [2.75, 3.05) is 18.9 Å². The average molecular weight is 376 g/mol. The molecule has 3 heterocycles. The van der Waals surface area contributed by atoms with Crippen LogP contribution in [0, 0.1) is 13.8 Å². The van der Waals surface area contributed by atoms with Crippen molar-refractivity contribution in [1.82, 2.24) is 15.0 Å². The van der Waals surface area contributed by atoms with E-state index in [1.807, 2.05) is 16.8 Å². The number of amides is 2. The van der Waals surface area contributed by atoms with Gasteiger partial charge in [-0.2, -0.15) is 11.3 Å². The first-order chi connectivity index (χ1) is 11.9. The van der Waals surface area contributed by atoms with E-state index in [0.717, 1.165) is 10.6 Å². The van der Waals surface area contributed by atoms with Gasteiger partial charge >= 0.3 is 0 Å². The van der Waals surface area contributed by atoms with Crippen LogP contribution in [-0.4, -0.2) is 40.4 Å². The quantitative estimate of drug-likeness (QED) is 0.739. The minimum absolute atomic E-state index is 0.0874. The summed E-state index contributed by atoms with van der Waals surface area (Å²) < 4.78 is 4.89. The van der Waals surface area contributed by atoms with Crippen molar-refractivity contribution in [2.45, 2.75) is 13.8 Å². The standard InChI is InChI=1S/C16H16N4O3S2/c1-9-6-12(19-23-9)18-13(21)7-20(3)16(22)14-10(2)17-15(25-14)11-4-5-24-8-11/h4-6,8H,7H2,1-3H3,(H,18,19,21). The van der Waals surface area contributed by atoms with Crippen LogP contribution in [-0.2, 0) is 4.79 Å². The number of rotatable bonds is 5. The third-order valence-corrected chi connectivity index (χ3v) is 5.26. The molecule has 0 radical (unpaired) electrons. The number of nitrogens with zero attached hydrogens (tertiary/aromatic N) is 3. The molecule has 0 saturated carbocycles. The summed E-state index contributed by atoms with van der Waals surface area (Å²) in [5, 5.41) is 11.0. The molecule has 3 rings (SSSR count). The highest BCUT2D eigenvalue weighted by Gasteiger charge is 2.21. The molecule has 2 amide bonds. The SMILES string of the molecule is Cc1cc(NC(=O)CN(C)C(=O)c2sc(-c3ccsc3)nc2C)no1. The molecular formula is C16H16N4O3S2. The molecule has 0 aromatic carbocycles. The molecule has 3 aromatic heterocycles. The maximum Gasteiger partial charge on any atom is 0.266 e. The van der Waals surface area contributed by atoms with Crippen molar-refractivity contribution in [3.8, 4) is 10.6 Å². The summed E-state index contributed by atoms with van der Waals surface area (Å²) in [7, 11) is 1.58. The van der Waals surface area contributed by atoms with E-state index < -0.39 is 0 Å². The van der Waals surface area contributed by atoms with E-state index in [2.05, 4.69) is 15.5 Å². The van der Waals surface area contributed by atoms with E-state index in [1.165, 1.54) is 16.2 Å². The molecule has 7 nitrogen and oxygen atoms in total. The number of likely N-dealkylation sites (N-methyl/N-ethyl adjacent to an activating group) is 1. The van der Waals surface area contributed by atoms with Crippen LogP contribution in [0.5, 0.6) is 0 Å². The van der Waals surface area contributed by atoms with Crippen LogP contribution in [0.15, 0.2) is 27.4 Å². The number of thiazole rings is 1. The van der Waals surface area contributed by atoms with Gasteiger partial charge in [-0.3, -0.25) is 9.59 Å². The smallest absolute Gasteiger partial charge is 0.266 e. The second-order valence-corrected chi connectivity index (χ2v) is 7.26. The molecule has 0 aliphatic carbocycles. The first-order valence-electron chi connectivity index (χ1n) is 7.42. The number of nitrogens with one attached hydrogen (secondary N) is 1. The highest BCUT2D eigenvalue weighted by molar-refractivity contribution is 7.17. The zero-order valence-corrected chi connectivity index (χ0v) is 15.5. The van der Waals surface area contributed by atoms with E-state index in [-0.39, 0.29) is 18.4 Å². The van der Waals surface area contributed by atoms with E-state index in [1.54, 1.807) is 38.3 Å². The molecule has 0 unspecified atom stereocenters. The van der Waals surface area contributed by atoms with Crippen LogP contribution in [0.25, 0.3) is 10.6 Å². The van der Waals surface area contributed by atoms with Crippen LogP contribution < -0.4 is 5.32 Å². The van der Waals surface area contributed by atoms with E-state index >= 15 is 0 Å². The van der Waals surface area contributed by atoms with Gasteiger partial charge in [0, 0.05) is 24.1 Å². The maximum atomic E-state index is 12.6. The molecule has 0 atom stereocenters. The van der Waals surface area contributed by atoms with Gasteiger partial charge in [0.2, 0.25) is 5.91 Å². The van der Waals surface area contributed by atoms with Gasteiger partial charge in [-0.25, -0.2) is 4.98 Å². The molecule has 0 aliphatic heterocycles. The Morgan fingerprint density at radius 1 is 1.36 bits per heavy atom. The van der Waals surface area contributed by atoms with E-state index in [9.17, 15) is 9.59 Å². The zero-order valence-electron chi connectivity index (χ0n) is 13.9. The molecule has 0 fully saturated rings. The molecule has 130 valence electrons. The summed E-state index contributed by atoms with van der Waals surface area (Å²) in [6, 6.07) is 3.58. The fraction of sp³-hybridized carbons (Fsp3) is 0.250. The topological polar surface area (TPSA) is 88.3 Å². The molecule has 25 heavy (non-hydrogen) atoms. The highest BCUT2D eigenvalue weighted by Crippen LogP contribution is 2.30. The number of carbonyl (C=O) groups is 2. The van der Waals surface area contributed by atoms with Crippen molar-refractivity contribution < 1.29 is 14.1 Å². The van der Waals surface area contributed by atoms with E-state index in [0.29, 0.717) is 22.1 Å². The first kappa shape index (κ1) is 17.3. The fourth-order valence-electron chi connectivity index (χ4n) is 2.17. The molecular weight excluding hydrogens is 360 g/mol. The molecule has 0 aliphatic rings. The molecule has 0 bridgehead atoms. The van der Waals surface area contributed by atoms with Crippen molar-refractivity contribution in [1.29, 1.82) is 0 Å². The first-order valence-corrected chi connectivity index (χ1v) is 9.18. The second-order valence-electron chi connectivity index (χ2n) is 5.48. The highest BCUT2D eigenvalue weighted by atomic mass is 32.1. The lowest BCUT2D eigenvalue weighted by molar-refractivity contribution is -0.116. The normalized spacial score (nSPS) is 10.7. The van der Waals surface area contributed by atoms with Crippen molar-refractivity contribution in [3.05, 3.63) is 39.2 Å². The molecule has 9 heteroatoms. The lowest BCUT2D eigenvalue weighted by Gasteiger charge is -2.15. The van der Waals surface area contributed by atoms with E-state index in [4.69, 9.17) is 4.52 Å². The number of aromatic nitrogens is 2. The largest absolute Gasteiger partial charge is 0.360 e. The van der Waals surface area contributed by atoms with Gasteiger partial charge in [0.1, 0.15) is 15.6 Å². The van der Waals surface area contributed by atoms with Crippen LogP contribution in [0.3, 0.4) is 0 Å². The maximum absolute atomic E-state index is 12.6. The Morgan fingerprint density at radius 2 is 2.16 bits per heavy atom. The molecule has 0 saturated heterocycles. The van der Waals surface area contributed by atoms with Gasteiger partial charge in [-0.05, 0) is 25.3 Å². The van der Waals surface area contributed by atoms with Gasteiger partial charge in [-0.1, -0.05) is 5.16 Å². The summed E-state index contributed by atoms with van der Waals surface area (Å²) in [5.74, 6) is 0.352. The average Bonchev–Trinajstić information content (AvgIpc) is 3.27. The third-order valence-electron chi connectivity index (χ3n) is 3.38. The fourth-order valence-corrected chi connectivity index (χ4v) is 3.95. The number of carbonyl (C=O) groups excluding carboxylic acids is 2. The predicted octanol–water partition coefficient (Wildman–Crippen LogP) is 3.19. The lowest BCUT2D eigenvalue weighted by Crippen LogP contribution is -2.34. The minimum atomic E-state index is -0.343. The number of hydrogen-bond acceptors (Lipinski definition) is 7. The Hall–Kier alpha value is -2.52. The van der Waals surface area contributed by atoms with Crippen molar-refractivity contribution in [3.63, 3.8) is 0 Å². The Kier molecular flexibility index (Phi) is 4.95. The molecule has 3 aromatic rings. The Bertz CT molecular complexity index is 899. The number of anilines is 1. The summed E-state index contributed by atoms with van der Waals surface area (Å²) in [4.78, 5) is 31.0. The number of aryl methyl sites for hydroxylation is 2. The third kappa shape index (κ3) is 3.94. The summed E-state index contributed by atoms with van der Waals surface area (Å²) >= 11 is 2.91. The van der Waals surface area contributed by atoms with Gasteiger partial charge in [-0.15, -0.1) is 11.3 Å². The minimum Gasteiger partial charge on any atom is -0.360 e. The molecule has 0 spiro atoms. The van der Waals surface area contributed by atoms with Crippen molar-refractivity contribution in [2.24, 2.45) is 0 Å². The number of thiophene rings is 1. The zero-order chi connectivity index (χ0) is 18.0. The van der Waals surface area contributed by atoms with Crippen LogP contribution in [0.2, 0.25) is 0 Å². The van der Waals surface area contributed by atoms with Crippen LogP contribution >= 0.6 is 22.7 Å². The van der Waals surface area contributed by atoms with Gasteiger partial charge in [0.15, 0.2) is 5.82 Å². The van der Waals surface area contributed by atoms with Gasteiger partial charge < -0.3 is 14.7 Å². The van der Waals surface area contributed by atoms with Gasteiger partial charge in [0.25, 0.3) is 5.91 Å². The van der Waals surface area contributed by atoms with Gasteiger partial charge in [0.05, 0.1) is 12.2 Å². The van der Waals surface area contributed by atoms with Crippen LogP contribution in [0.1, 0.15) is 21.1 Å². The lowest BCUT2D eigenvalue weighted by atomic mass is 10.3. The Balaban J connectivity index is 1.67. The summed E-state index contributed by atoms with van der Waals surface area (Å²) in [6.07, 6.45) is 0. The Morgan fingerprint density at radius 3 is 2.80 bits per heavy atom. The number of hydrogen-bond donors (Lipinski definition) is 1. The monoisotopic (exact) mass is 376 g/mol. The second kappa shape index (κ2) is 7.16. The summed E-state index contributed by atoms with van der Waals surface area (Å²) in [5.41, 5.74) is 1.66.